The van der Waals surface area contributed by atoms with Crippen LogP contribution in [0.15, 0.2) is 54.7 Å². The number of nitrogens with one attached hydrogen (secondary N) is 1. The Kier molecular flexibility index (Phi) is 5.41. The molecule has 1 amide bonds. The predicted molar refractivity (Wildman–Crippen MR) is 97.4 cm³/mol. The average Bonchev–Trinajstić information content (AvgIpc) is 3.08. The van der Waals surface area contributed by atoms with Gasteiger partial charge in [0.2, 0.25) is 0 Å². The highest BCUT2D eigenvalue weighted by Crippen LogP contribution is 2.30. The van der Waals surface area contributed by atoms with Crippen LogP contribution >= 0.6 is 11.3 Å². The number of nitro groups is 1. The van der Waals surface area contributed by atoms with Crippen LogP contribution in [-0.2, 0) is 12.6 Å². The number of anilines is 1. The standard InChI is InChI=1S/C18H12F3N3O3S/c19-18(20,21)12-5-3-4-11(8-12)9-13-10-22-17(28-13)23-16(25)14-6-1-2-7-15(14)24(26)27/h1-8,10H,9H2,(H,22,23,25). The van der Waals surface area contributed by atoms with Gasteiger partial charge in [0.05, 0.1) is 10.5 Å². The minimum atomic E-state index is -4.42. The molecule has 0 bridgehead atoms. The van der Waals surface area contributed by atoms with Crippen LogP contribution in [0, 0.1) is 10.1 Å². The lowest BCUT2D eigenvalue weighted by atomic mass is 10.1. The van der Waals surface area contributed by atoms with Crippen LogP contribution in [-0.4, -0.2) is 15.8 Å². The maximum absolute atomic E-state index is 12.8. The number of nitrogens with zero attached hydrogens (tertiary/aromatic N) is 2. The number of benzene rings is 2. The number of hydrogen-bond acceptors (Lipinski definition) is 5. The van der Waals surface area contributed by atoms with Crippen LogP contribution < -0.4 is 5.32 Å². The van der Waals surface area contributed by atoms with Crippen molar-refractivity contribution < 1.29 is 22.9 Å². The largest absolute Gasteiger partial charge is 0.416 e. The summed E-state index contributed by atoms with van der Waals surface area (Å²) in [6.45, 7) is 0. The number of hydrogen-bond donors (Lipinski definition) is 1. The number of carbonyl (C=O) groups excluding carboxylic acids is 1. The van der Waals surface area contributed by atoms with Gasteiger partial charge in [0.25, 0.3) is 11.6 Å². The molecular weight excluding hydrogens is 395 g/mol. The van der Waals surface area contributed by atoms with Crippen molar-refractivity contribution in [3.63, 3.8) is 0 Å². The van der Waals surface area contributed by atoms with E-state index in [9.17, 15) is 28.1 Å². The Bertz CT molecular complexity index is 1030. The minimum Gasteiger partial charge on any atom is -0.298 e. The molecule has 10 heteroatoms. The minimum absolute atomic E-state index is 0.109. The van der Waals surface area contributed by atoms with E-state index >= 15 is 0 Å². The van der Waals surface area contributed by atoms with Gasteiger partial charge in [0.15, 0.2) is 5.13 Å². The first-order valence-electron chi connectivity index (χ1n) is 7.89. The van der Waals surface area contributed by atoms with Crippen LogP contribution in [0.5, 0.6) is 0 Å². The molecule has 0 saturated carbocycles. The zero-order valence-corrected chi connectivity index (χ0v) is 14.9. The third kappa shape index (κ3) is 4.52. The second-order valence-corrected chi connectivity index (χ2v) is 6.85. The van der Waals surface area contributed by atoms with Crippen LogP contribution in [0.25, 0.3) is 0 Å². The van der Waals surface area contributed by atoms with Crippen LogP contribution in [0.1, 0.15) is 26.4 Å². The summed E-state index contributed by atoms with van der Waals surface area (Å²) < 4.78 is 38.4. The SMILES string of the molecule is O=C(Nc1ncc(Cc2cccc(C(F)(F)F)c2)s1)c1ccccc1[N+](=O)[O-]. The lowest BCUT2D eigenvalue weighted by Crippen LogP contribution is -2.13. The molecule has 0 aliphatic carbocycles. The Morgan fingerprint density at radius 1 is 1.18 bits per heavy atom. The Morgan fingerprint density at radius 2 is 1.93 bits per heavy atom. The average molecular weight is 407 g/mol. The molecule has 3 aromatic rings. The van der Waals surface area contributed by atoms with E-state index in [2.05, 4.69) is 10.3 Å². The van der Waals surface area contributed by atoms with Gasteiger partial charge in [-0.1, -0.05) is 30.3 Å². The molecule has 0 saturated heterocycles. The van der Waals surface area contributed by atoms with E-state index in [-0.39, 0.29) is 22.8 Å². The molecule has 0 fully saturated rings. The number of carbonyl (C=O) groups is 1. The van der Waals surface area contributed by atoms with Gasteiger partial charge in [-0.3, -0.25) is 20.2 Å². The number of para-hydroxylation sites is 1. The molecule has 1 heterocycles. The van der Waals surface area contributed by atoms with Crippen molar-refractivity contribution in [3.8, 4) is 0 Å². The zero-order chi connectivity index (χ0) is 20.3. The molecule has 1 aromatic heterocycles. The van der Waals surface area contributed by atoms with Crippen LogP contribution in [0.3, 0.4) is 0 Å². The van der Waals surface area contributed by atoms with Crippen LogP contribution in [0.4, 0.5) is 24.0 Å². The fraction of sp³-hybridized carbons (Fsp3) is 0.111. The number of halogens is 3. The maximum atomic E-state index is 12.8. The monoisotopic (exact) mass is 407 g/mol. The summed E-state index contributed by atoms with van der Waals surface area (Å²) in [4.78, 5) is 27.3. The maximum Gasteiger partial charge on any atom is 0.416 e. The Morgan fingerprint density at radius 3 is 2.64 bits per heavy atom. The summed E-state index contributed by atoms with van der Waals surface area (Å²) in [7, 11) is 0. The van der Waals surface area contributed by atoms with E-state index in [1.54, 1.807) is 6.07 Å². The van der Waals surface area contributed by atoms with Gasteiger partial charge in [-0.25, -0.2) is 4.98 Å². The zero-order valence-electron chi connectivity index (χ0n) is 14.1. The van der Waals surface area contributed by atoms with Crippen molar-refractivity contribution in [3.05, 3.63) is 86.4 Å². The van der Waals surface area contributed by atoms with E-state index in [0.717, 1.165) is 23.5 Å². The third-order valence-corrected chi connectivity index (χ3v) is 4.66. The Labute approximate surface area is 160 Å². The molecule has 0 radical (unpaired) electrons. The summed E-state index contributed by atoms with van der Waals surface area (Å²) in [6.07, 6.45) is -2.77. The first kappa shape index (κ1) is 19.5. The van der Waals surface area contributed by atoms with Gasteiger partial charge >= 0.3 is 6.18 Å². The first-order chi connectivity index (χ1) is 13.2. The van der Waals surface area contributed by atoms with Crippen LogP contribution in [0.2, 0.25) is 0 Å². The smallest absolute Gasteiger partial charge is 0.298 e. The Balaban J connectivity index is 1.73. The summed E-state index contributed by atoms with van der Waals surface area (Å²) in [5, 5.41) is 13.7. The summed E-state index contributed by atoms with van der Waals surface area (Å²) in [6, 6.07) is 10.5. The number of nitro benzene ring substituents is 1. The first-order valence-corrected chi connectivity index (χ1v) is 8.71. The molecular formula is C18H12F3N3O3S. The highest BCUT2D eigenvalue weighted by atomic mass is 32.1. The number of thiazole rings is 1. The van der Waals surface area contributed by atoms with Gasteiger partial charge in [-0.15, -0.1) is 11.3 Å². The van der Waals surface area contributed by atoms with E-state index in [0.29, 0.717) is 10.4 Å². The summed E-state index contributed by atoms with van der Waals surface area (Å²) in [5.74, 6) is -0.688. The van der Waals surface area contributed by atoms with E-state index in [1.165, 1.54) is 36.5 Å². The van der Waals surface area contributed by atoms with Crippen molar-refractivity contribution in [1.82, 2.24) is 4.98 Å². The van der Waals surface area contributed by atoms with Crippen molar-refractivity contribution in [2.75, 3.05) is 5.32 Å². The molecule has 2 aromatic carbocycles. The van der Waals surface area contributed by atoms with Crippen molar-refractivity contribution >= 4 is 28.1 Å². The third-order valence-electron chi connectivity index (χ3n) is 3.75. The molecule has 144 valence electrons. The van der Waals surface area contributed by atoms with Gasteiger partial charge in [0, 0.05) is 23.6 Å². The normalized spacial score (nSPS) is 11.2. The number of aromatic nitrogens is 1. The molecule has 0 aliphatic rings. The van der Waals surface area contributed by atoms with Gasteiger partial charge < -0.3 is 0 Å². The Hall–Kier alpha value is -3.27. The van der Waals surface area contributed by atoms with Crippen molar-refractivity contribution in [2.24, 2.45) is 0 Å². The quantitative estimate of drug-likeness (QED) is 0.481. The van der Waals surface area contributed by atoms with Gasteiger partial charge in [-0.2, -0.15) is 13.2 Å². The van der Waals surface area contributed by atoms with Crippen molar-refractivity contribution in [2.45, 2.75) is 12.6 Å². The summed E-state index contributed by atoms with van der Waals surface area (Å²) in [5.41, 5.74) is -0.725. The van der Waals surface area contributed by atoms with E-state index in [4.69, 9.17) is 0 Å². The lowest BCUT2D eigenvalue weighted by molar-refractivity contribution is -0.385. The highest BCUT2D eigenvalue weighted by Gasteiger charge is 2.30. The number of alkyl halides is 3. The number of rotatable bonds is 5. The molecule has 1 N–H and O–H groups in total. The molecule has 0 unspecified atom stereocenters. The molecule has 0 aliphatic heterocycles. The second-order valence-electron chi connectivity index (χ2n) is 5.74. The summed E-state index contributed by atoms with van der Waals surface area (Å²) >= 11 is 1.08. The molecule has 0 atom stereocenters. The fourth-order valence-electron chi connectivity index (χ4n) is 2.50. The topological polar surface area (TPSA) is 85.1 Å². The van der Waals surface area contributed by atoms with E-state index in [1.807, 2.05) is 0 Å². The lowest BCUT2D eigenvalue weighted by Gasteiger charge is -2.07. The predicted octanol–water partition coefficient (Wildman–Crippen LogP) is 4.91. The highest BCUT2D eigenvalue weighted by molar-refractivity contribution is 7.15. The molecule has 28 heavy (non-hydrogen) atoms. The van der Waals surface area contributed by atoms with E-state index < -0.39 is 22.6 Å². The fourth-order valence-corrected chi connectivity index (χ4v) is 3.34. The molecule has 3 rings (SSSR count). The molecule has 0 spiro atoms. The number of amides is 1. The second kappa shape index (κ2) is 7.77. The van der Waals surface area contributed by atoms with Crippen molar-refractivity contribution in [1.29, 1.82) is 0 Å². The molecule has 6 nitrogen and oxygen atoms in total. The van der Waals surface area contributed by atoms with Gasteiger partial charge in [-0.05, 0) is 17.7 Å². The van der Waals surface area contributed by atoms with Gasteiger partial charge in [0.1, 0.15) is 5.56 Å².